The summed E-state index contributed by atoms with van der Waals surface area (Å²) < 4.78 is 4.50. The summed E-state index contributed by atoms with van der Waals surface area (Å²) in [4.78, 5) is 44.7. The van der Waals surface area contributed by atoms with E-state index in [2.05, 4.69) is 26.3 Å². The summed E-state index contributed by atoms with van der Waals surface area (Å²) in [5.74, 6) is 2.01. The van der Waals surface area contributed by atoms with Gasteiger partial charge in [-0.3, -0.25) is 14.6 Å². The van der Waals surface area contributed by atoms with Gasteiger partial charge in [0, 0.05) is 85.8 Å². The Bertz CT molecular complexity index is 2010. The van der Waals surface area contributed by atoms with Crippen LogP contribution < -0.4 is 5.73 Å². The van der Waals surface area contributed by atoms with Crippen molar-refractivity contribution < 1.29 is 9.59 Å². The van der Waals surface area contributed by atoms with Crippen molar-refractivity contribution in [2.24, 2.45) is 23.5 Å². The molecular formula is C35H35ClN8O2. The van der Waals surface area contributed by atoms with Gasteiger partial charge in [0.05, 0.1) is 21.7 Å². The van der Waals surface area contributed by atoms with E-state index in [9.17, 15) is 9.59 Å². The van der Waals surface area contributed by atoms with Crippen molar-refractivity contribution in [1.82, 2.24) is 33.9 Å². The number of imidazole rings is 1. The Morgan fingerprint density at radius 3 is 2.41 bits per heavy atom. The van der Waals surface area contributed by atoms with E-state index < -0.39 is 0 Å². The summed E-state index contributed by atoms with van der Waals surface area (Å²) in [6.45, 7) is 3.50. The molecule has 4 aliphatic rings. The van der Waals surface area contributed by atoms with Gasteiger partial charge >= 0.3 is 0 Å². The molecule has 4 fully saturated rings. The zero-order valence-electron chi connectivity index (χ0n) is 25.4. The predicted molar refractivity (Wildman–Crippen MR) is 175 cm³/mol. The van der Waals surface area contributed by atoms with Crippen LogP contribution in [0, 0.1) is 17.8 Å². The molecule has 3 atom stereocenters. The van der Waals surface area contributed by atoms with E-state index >= 15 is 0 Å². The molecule has 46 heavy (non-hydrogen) atoms. The maximum atomic E-state index is 13.8. The number of likely N-dealkylation sites (tertiary alicyclic amines) is 2. The quantitative estimate of drug-likeness (QED) is 0.274. The fraction of sp³-hybridized carbons (Fsp3) is 0.400. The van der Waals surface area contributed by atoms with Crippen molar-refractivity contribution in [2.45, 2.75) is 50.9 Å². The number of carbonyl (C=O) groups is 2. The van der Waals surface area contributed by atoms with Gasteiger partial charge in [-0.25, -0.2) is 9.97 Å². The number of nitrogens with zero attached hydrogens (tertiary/aromatic N) is 7. The summed E-state index contributed by atoms with van der Waals surface area (Å²) in [5, 5.41) is 1.57. The number of nitrogens with two attached hydrogens (primary N) is 1. The Morgan fingerprint density at radius 1 is 0.870 bits per heavy atom. The van der Waals surface area contributed by atoms with Crippen LogP contribution in [0.4, 0.5) is 0 Å². The zero-order chi connectivity index (χ0) is 31.1. The first-order chi connectivity index (χ1) is 22.4. The second-order valence-corrected chi connectivity index (χ2v) is 14.0. The molecule has 5 aromatic rings. The fourth-order valence-corrected chi connectivity index (χ4v) is 8.28. The Morgan fingerprint density at radius 2 is 1.67 bits per heavy atom. The van der Waals surface area contributed by atoms with E-state index in [1.54, 1.807) is 30.6 Å². The molecule has 1 aromatic carbocycles. The molecule has 2 amide bonds. The molecular weight excluding hydrogens is 600 g/mol. The number of pyridine rings is 2. The summed E-state index contributed by atoms with van der Waals surface area (Å²) >= 11 is 7.10. The second-order valence-electron chi connectivity index (χ2n) is 13.6. The third-order valence-corrected chi connectivity index (χ3v) is 10.9. The number of aromatic nitrogens is 5. The summed E-state index contributed by atoms with van der Waals surface area (Å²) in [5.41, 5.74) is 11.1. The highest BCUT2D eigenvalue weighted by atomic mass is 35.5. The molecule has 2 aliphatic heterocycles. The van der Waals surface area contributed by atoms with E-state index in [0.29, 0.717) is 59.7 Å². The number of fused-ring (bicyclic) bond motifs is 4. The predicted octanol–water partition coefficient (Wildman–Crippen LogP) is 4.85. The van der Waals surface area contributed by atoms with E-state index in [4.69, 9.17) is 27.3 Å². The lowest BCUT2D eigenvalue weighted by Crippen LogP contribution is -2.51. The molecule has 6 heterocycles. The van der Waals surface area contributed by atoms with E-state index in [1.807, 2.05) is 28.1 Å². The normalized spacial score (nSPS) is 22.7. The molecule has 234 valence electrons. The van der Waals surface area contributed by atoms with Gasteiger partial charge in [0.1, 0.15) is 5.65 Å². The summed E-state index contributed by atoms with van der Waals surface area (Å²) in [6, 6.07) is 13.6. The molecule has 2 saturated carbocycles. The van der Waals surface area contributed by atoms with Crippen LogP contribution in [-0.4, -0.2) is 77.4 Å². The molecule has 9 rings (SSSR count). The minimum atomic E-state index is -0.0288. The first kappa shape index (κ1) is 28.0. The Balaban J connectivity index is 1.11. The number of carbonyl (C=O) groups excluding carboxylic acids is 2. The molecule has 4 aromatic heterocycles. The first-order valence-electron chi connectivity index (χ1n) is 16.3. The zero-order valence-corrected chi connectivity index (χ0v) is 26.2. The lowest BCUT2D eigenvalue weighted by atomic mass is 9.98. The van der Waals surface area contributed by atoms with Crippen molar-refractivity contribution in [2.75, 3.05) is 19.6 Å². The third-order valence-electron chi connectivity index (χ3n) is 10.6. The van der Waals surface area contributed by atoms with Crippen LogP contribution in [0.1, 0.15) is 46.4 Å². The van der Waals surface area contributed by atoms with Crippen LogP contribution in [0.25, 0.3) is 33.6 Å². The fourth-order valence-electron chi connectivity index (χ4n) is 7.96. The lowest BCUT2D eigenvalue weighted by Gasteiger charge is -2.39. The average Bonchev–Trinajstić information content (AvgIpc) is 3.40. The van der Waals surface area contributed by atoms with Gasteiger partial charge in [0.15, 0.2) is 5.82 Å². The number of rotatable bonds is 7. The van der Waals surface area contributed by atoms with Crippen LogP contribution in [0.5, 0.6) is 0 Å². The number of hydrogen-bond acceptors (Lipinski definition) is 6. The van der Waals surface area contributed by atoms with Crippen molar-refractivity contribution in [3.05, 3.63) is 77.2 Å². The highest BCUT2D eigenvalue weighted by molar-refractivity contribution is 6.35. The van der Waals surface area contributed by atoms with Crippen molar-refractivity contribution in [3.8, 4) is 11.5 Å². The van der Waals surface area contributed by atoms with Gasteiger partial charge in [0.2, 0.25) is 0 Å². The Kier molecular flexibility index (Phi) is 6.47. The van der Waals surface area contributed by atoms with Crippen LogP contribution in [0.15, 0.2) is 61.1 Å². The Hall–Kier alpha value is -4.28. The van der Waals surface area contributed by atoms with Gasteiger partial charge in [0.25, 0.3) is 11.8 Å². The molecule has 2 N–H and O–H groups in total. The molecule has 0 spiro atoms. The SMILES string of the molecule is N[C@@H]1C2CCC1N(C(=O)c1cc(Cl)c3c(c1)nc(-c1cc4cccnc4n1CC1CC1)n3CC1CN(C(=O)c3ccncc3)C1)C2. The van der Waals surface area contributed by atoms with Crippen molar-refractivity contribution in [1.29, 1.82) is 0 Å². The van der Waals surface area contributed by atoms with Crippen LogP contribution in [0.3, 0.4) is 0 Å². The molecule has 11 heteroatoms. The number of hydrogen-bond donors (Lipinski definition) is 1. The van der Waals surface area contributed by atoms with Crippen LogP contribution >= 0.6 is 11.6 Å². The minimum Gasteiger partial charge on any atom is -0.338 e. The van der Waals surface area contributed by atoms with Gasteiger partial charge in [-0.15, -0.1) is 0 Å². The van der Waals surface area contributed by atoms with E-state index in [0.717, 1.165) is 47.5 Å². The molecule has 0 radical (unpaired) electrons. The highest BCUT2D eigenvalue weighted by Gasteiger charge is 2.47. The first-order valence-corrected chi connectivity index (χ1v) is 16.7. The summed E-state index contributed by atoms with van der Waals surface area (Å²) in [6.07, 6.45) is 9.60. The highest BCUT2D eigenvalue weighted by Crippen LogP contribution is 2.40. The standard InChI is InChI=1S/C35H35ClN8O2/c36-26-12-25(35(46)43-19-24-5-6-28(43)30(24)37)13-27-31(26)44(18-21-15-41(16-21)34(45)22-7-10-38-11-8-22)33(40-27)29-14-23-2-1-9-39-32(23)42(29)17-20-3-4-20/h1-2,7-14,20-21,24,28,30H,3-6,15-19,37H2/t24?,28?,30-/m1/s1. The Labute approximate surface area is 271 Å². The number of benzene rings is 1. The van der Waals surface area contributed by atoms with Crippen molar-refractivity contribution in [3.63, 3.8) is 0 Å². The lowest BCUT2D eigenvalue weighted by molar-refractivity contribution is 0.0471. The van der Waals surface area contributed by atoms with Crippen LogP contribution in [-0.2, 0) is 13.1 Å². The van der Waals surface area contributed by atoms with Crippen molar-refractivity contribution >= 4 is 45.5 Å². The van der Waals surface area contributed by atoms with Gasteiger partial charge < -0.3 is 24.7 Å². The van der Waals surface area contributed by atoms with Crippen LogP contribution in [0.2, 0.25) is 5.02 Å². The number of piperidine rings is 1. The van der Waals surface area contributed by atoms with Gasteiger partial charge in [-0.2, -0.15) is 0 Å². The number of amides is 2. The largest absolute Gasteiger partial charge is 0.338 e. The van der Waals surface area contributed by atoms with Gasteiger partial charge in [-0.05, 0) is 80.0 Å². The molecule has 10 nitrogen and oxygen atoms in total. The molecule has 2 aliphatic carbocycles. The maximum absolute atomic E-state index is 13.8. The smallest absolute Gasteiger partial charge is 0.254 e. The molecule has 2 unspecified atom stereocenters. The second kappa shape index (κ2) is 10.6. The van der Waals surface area contributed by atoms with E-state index in [-0.39, 0.29) is 29.8 Å². The topological polar surface area (TPSA) is 115 Å². The summed E-state index contributed by atoms with van der Waals surface area (Å²) in [7, 11) is 0. The van der Waals surface area contributed by atoms with E-state index in [1.165, 1.54) is 12.8 Å². The molecule has 2 bridgehead atoms. The van der Waals surface area contributed by atoms with Gasteiger partial charge in [-0.1, -0.05) is 11.6 Å². The maximum Gasteiger partial charge on any atom is 0.254 e. The minimum absolute atomic E-state index is 0.0153. The number of halogens is 1. The monoisotopic (exact) mass is 634 g/mol. The average molecular weight is 635 g/mol. The third kappa shape index (κ3) is 4.52. The molecule has 2 saturated heterocycles.